The number of phenols is 2. The molecule has 10 nitrogen and oxygen atoms in total. The first-order chi connectivity index (χ1) is 28.1. The predicted molar refractivity (Wildman–Crippen MR) is 236 cm³/mol. The molecule has 0 atom stereocenters. The molecule has 0 heterocycles. The Morgan fingerprint density at radius 2 is 0.885 bits per heavy atom. The highest BCUT2D eigenvalue weighted by molar-refractivity contribution is 6.11. The van der Waals surface area contributed by atoms with Crippen LogP contribution in [0.15, 0.2) is 24.3 Å². The number of ketones is 4. The lowest BCUT2D eigenvalue weighted by molar-refractivity contribution is -0.155. The van der Waals surface area contributed by atoms with Gasteiger partial charge in [0, 0.05) is 38.5 Å². The lowest BCUT2D eigenvalue weighted by Crippen LogP contribution is -2.53. The molecule has 2 aromatic carbocycles. The van der Waals surface area contributed by atoms with Crippen LogP contribution < -0.4 is 0 Å². The molecule has 336 valence electrons. The fraction of sp³-hybridized carbons (Fsp3) is 0.647. The molecule has 0 amide bonds. The van der Waals surface area contributed by atoms with Gasteiger partial charge in [0.05, 0.1) is 25.0 Å². The molecule has 0 unspecified atom stereocenters. The maximum Gasteiger partial charge on any atom is 0.306 e. The van der Waals surface area contributed by atoms with E-state index in [4.69, 9.17) is 9.47 Å². The smallest absolute Gasteiger partial charge is 0.306 e. The zero-order chi connectivity index (χ0) is 45.9. The number of phenolic OH excluding ortho intramolecular Hbond substituents is 2. The van der Waals surface area contributed by atoms with Crippen molar-refractivity contribution in [3.8, 4) is 11.5 Å². The summed E-state index contributed by atoms with van der Waals surface area (Å²) in [6, 6.07) is 7.65. The molecule has 2 saturated carbocycles. The summed E-state index contributed by atoms with van der Waals surface area (Å²) in [5.74, 6) is -2.83. The fourth-order valence-corrected chi connectivity index (χ4v) is 9.86. The number of hydrogen-bond donors (Lipinski definition) is 2. The monoisotopic (exact) mass is 845 g/mol. The van der Waals surface area contributed by atoms with Crippen LogP contribution >= 0.6 is 0 Å². The number of aromatic hydroxyl groups is 2. The molecule has 2 aliphatic carbocycles. The number of Topliss-reactive ketones (excluding diaryl/α,β-unsaturated/α-hetero) is 4. The Morgan fingerprint density at radius 1 is 0.574 bits per heavy atom. The van der Waals surface area contributed by atoms with Crippen molar-refractivity contribution in [2.24, 2.45) is 28.1 Å². The van der Waals surface area contributed by atoms with Crippen LogP contribution in [-0.2, 0) is 61.9 Å². The third-order valence-electron chi connectivity index (χ3n) is 13.1. The van der Waals surface area contributed by atoms with Crippen molar-refractivity contribution in [2.45, 2.75) is 171 Å². The Labute approximate surface area is 363 Å². The number of esters is 2. The number of benzene rings is 2. The van der Waals surface area contributed by atoms with Crippen molar-refractivity contribution in [2.75, 3.05) is 13.2 Å². The second-order valence-corrected chi connectivity index (χ2v) is 21.7. The van der Waals surface area contributed by atoms with Gasteiger partial charge in [-0.3, -0.25) is 28.8 Å². The highest BCUT2D eigenvalue weighted by Crippen LogP contribution is 2.52. The topological polar surface area (TPSA) is 161 Å². The van der Waals surface area contributed by atoms with Gasteiger partial charge < -0.3 is 19.7 Å². The third-order valence-corrected chi connectivity index (χ3v) is 13.1. The second-order valence-electron chi connectivity index (χ2n) is 21.7. The number of hydrogen-bond acceptors (Lipinski definition) is 10. The van der Waals surface area contributed by atoms with Crippen molar-refractivity contribution in [1.29, 1.82) is 0 Å². The SMILES string of the molecule is Cc1cc(CCC(=O)OCCCC(C)(C)C2C(=O)CC3(CC2=O)CC(=O)C(C(C)(C)CCCOC(=O)CCc2cc(C)c(O)c(C(C)(C)C)c2)C(=O)C3)cc(C(C)(C)C)c1O. The van der Waals surface area contributed by atoms with E-state index in [0.29, 0.717) is 38.5 Å². The maximum atomic E-state index is 13.8. The quantitative estimate of drug-likeness (QED) is 0.0946. The summed E-state index contributed by atoms with van der Waals surface area (Å²) >= 11 is 0. The van der Waals surface area contributed by atoms with Gasteiger partial charge in [-0.05, 0) is 113 Å². The number of ether oxygens (including phenoxy) is 2. The molecule has 10 heteroatoms. The number of carbonyl (C=O) groups excluding carboxylic acids is 6. The van der Waals surface area contributed by atoms with Gasteiger partial charge in [0.15, 0.2) is 0 Å². The minimum absolute atomic E-state index is 0.00268. The fourth-order valence-electron chi connectivity index (χ4n) is 9.86. The van der Waals surface area contributed by atoms with E-state index < -0.39 is 28.1 Å². The Balaban J connectivity index is 1.22. The van der Waals surface area contributed by atoms with Crippen molar-refractivity contribution < 1.29 is 48.5 Å². The van der Waals surface area contributed by atoms with E-state index in [1.165, 1.54) is 0 Å². The molecule has 2 aliphatic rings. The van der Waals surface area contributed by atoms with Crippen LogP contribution in [0.3, 0.4) is 0 Å². The van der Waals surface area contributed by atoms with Gasteiger partial charge in [-0.2, -0.15) is 0 Å². The minimum Gasteiger partial charge on any atom is -0.507 e. The van der Waals surface area contributed by atoms with E-state index >= 15 is 0 Å². The lowest BCUT2D eigenvalue weighted by Gasteiger charge is -2.47. The van der Waals surface area contributed by atoms with Crippen molar-refractivity contribution in [1.82, 2.24) is 0 Å². The molecule has 0 radical (unpaired) electrons. The summed E-state index contributed by atoms with van der Waals surface area (Å²) in [6.07, 6.45) is 3.21. The summed E-state index contributed by atoms with van der Waals surface area (Å²) in [5, 5.41) is 21.0. The second kappa shape index (κ2) is 19.0. The Hall–Kier alpha value is -4.34. The molecule has 0 bridgehead atoms. The van der Waals surface area contributed by atoms with Crippen LogP contribution in [-0.4, -0.2) is 58.5 Å². The van der Waals surface area contributed by atoms with Crippen LogP contribution in [0, 0.1) is 41.9 Å². The van der Waals surface area contributed by atoms with Crippen LogP contribution in [0.2, 0.25) is 0 Å². The van der Waals surface area contributed by atoms with E-state index in [2.05, 4.69) is 0 Å². The zero-order valence-corrected chi connectivity index (χ0v) is 39.0. The minimum atomic E-state index is -1.00. The molecule has 61 heavy (non-hydrogen) atoms. The van der Waals surface area contributed by atoms with Gasteiger partial charge in [-0.15, -0.1) is 0 Å². The van der Waals surface area contributed by atoms with E-state index in [1.54, 1.807) is 0 Å². The zero-order valence-electron chi connectivity index (χ0n) is 39.0. The molecule has 2 fully saturated rings. The van der Waals surface area contributed by atoms with Gasteiger partial charge in [0.25, 0.3) is 0 Å². The number of rotatable bonds is 16. The molecular formula is C51H72O10. The summed E-state index contributed by atoms with van der Waals surface area (Å²) in [5.41, 5.74) is 2.19. The highest BCUT2D eigenvalue weighted by atomic mass is 16.5. The number of carbonyl (C=O) groups is 6. The Morgan fingerprint density at radius 3 is 1.18 bits per heavy atom. The standard InChI is InChI=1S/C51H72O10/c1-31-23-33(25-35(45(31)58)47(3,4)5)15-17-41(56)60-21-13-19-49(9,10)43-37(52)27-51(28-38(43)53)29-39(54)44(40(55)30-51)50(11,12)20-14-22-61-42(57)18-16-34-24-32(2)46(59)36(26-34)48(6,7)8/h23-26,43-44,58-59H,13-22,27-30H2,1-12H3. The number of aryl methyl sites for hydroxylation is 4. The molecule has 2 aromatic rings. The molecule has 4 rings (SSSR count). The van der Waals surface area contributed by atoms with Crippen LogP contribution in [0.25, 0.3) is 0 Å². The highest BCUT2D eigenvalue weighted by Gasteiger charge is 2.56. The van der Waals surface area contributed by atoms with Gasteiger partial charge in [0.1, 0.15) is 34.6 Å². The largest absolute Gasteiger partial charge is 0.507 e. The van der Waals surface area contributed by atoms with Crippen molar-refractivity contribution in [3.05, 3.63) is 57.6 Å². The van der Waals surface area contributed by atoms with E-state index in [0.717, 1.165) is 33.4 Å². The van der Waals surface area contributed by atoms with Crippen LogP contribution in [0.4, 0.5) is 0 Å². The first-order valence-corrected chi connectivity index (χ1v) is 22.1. The predicted octanol–water partition coefficient (Wildman–Crippen LogP) is 9.66. The van der Waals surface area contributed by atoms with Crippen molar-refractivity contribution in [3.63, 3.8) is 0 Å². The average molecular weight is 845 g/mol. The normalized spacial score (nSPS) is 20.3. The van der Waals surface area contributed by atoms with Gasteiger partial charge in [-0.25, -0.2) is 0 Å². The Kier molecular flexibility index (Phi) is 15.3. The maximum absolute atomic E-state index is 13.8. The molecule has 0 aliphatic heterocycles. The lowest BCUT2D eigenvalue weighted by atomic mass is 9.54. The van der Waals surface area contributed by atoms with Crippen LogP contribution in [0.5, 0.6) is 11.5 Å². The summed E-state index contributed by atoms with van der Waals surface area (Å²) in [6.45, 7) is 23.7. The first kappa shape index (κ1) is 49.3. The first-order valence-electron chi connectivity index (χ1n) is 22.1. The molecule has 1 spiro atoms. The summed E-state index contributed by atoms with van der Waals surface area (Å²) in [4.78, 5) is 80.3. The summed E-state index contributed by atoms with van der Waals surface area (Å²) in [7, 11) is 0. The van der Waals surface area contributed by atoms with E-state index in [1.807, 2.05) is 107 Å². The molecule has 0 aromatic heterocycles. The van der Waals surface area contributed by atoms with Gasteiger partial charge in [0.2, 0.25) is 0 Å². The van der Waals surface area contributed by atoms with Gasteiger partial charge >= 0.3 is 11.9 Å². The Bertz CT molecular complexity index is 1820. The average Bonchev–Trinajstić information content (AvgIpc) is 3.10. The molecular weight excluding hydrogens is 773 g/mol. The third kappa shape index (κ3) is 12.4. The van der Waals surface area contributed by atoms with E-state index in [9.17, 15) is 39.0 Å². The van der Waals surface area contributed by atoms with Gasteiger partial charge in [-0.1, -0.05) is 93.5 Å². The van der Waals surface area contributed by atoms with Crippen molar-refractivity contribution >= 4 is 35.1 Å². The van der Waals surface area contributed by atoms with E-state index in [-0.39, 0.29) is 109 Å². The summed E-state index contributed by atoms with van der Waals surface area (Å²) < 4.78 is 11.1. The molecule has 0 saturated heterocycles. The molecule has 2 N–H and O–H groups in total. The van der Waals surface area contributed by atoms with Crippen LogP contribution in [0.1, 0.15) is 167 Å².